The predicted molar refractivity (Wildman–Crippen MR) is 126 cm³/mol. The number of para-hydroxylation sites is 1. The van der Waals surface area contributed by atoms with Crippen molar-refractivity contribution in [1.82, 2.24) is 14.8 Å². The van der Waals surface area contributed by atoms with Gasteiger partial charge in [0.25, 0.3) is 0 Å². The number of nitrogens with zero attached hydrogens (tertiary/aromatic N) is 2. The van der Waals surface area contributed by atoms with Crippen LogP contribution in [0.15, 0.2) is 42.5 Å². The highest BCUT2D eigenvalue weighted by atomic mass is 16.5. The summed E-state index contributed by atoms with van der Waals surface area (Å²) in [5.41, 5.74) is 3.87. The number of aromatic nitrogens is 1. The highest BCUT2D eigenvalue weighted by molar-refractivity contribution is 5.97. The van der Waals surface area contributed by atoms with Crippen molar-refractivity contribution in [3.8, 4) is 11.5 Å². The van der Waals surface area contributed by atoms with Gasteiger partial charge in [-0.3, -0.25) is 9.59 Å². The normalized spacial score (nSPS) is 20.1. The van der Waals surface area contributed by atoms with Gasteiger partial charge in [0.05, 0.1) is 20.8 Å². The summed E-state index contributed by atoms with van der Waals surface area (Å²) in [6, 6.07) is 12.7. The minimum Gasteiger partial charge on any atom is -0.497 e. The molecule has 2 aliphatic heterocycles. The first-order valence-corrected chi connectivity index (χ1v) is 11.5. The highest BCUT2D eigenvalue weighted by Crippen LogP contribution is 2.45. The van der Waals surface area contributed by atoms with Crippen molar-refractivity contribution in [2.75, 3.05) is 27.3 Å². The molecule has 0 saturated carbocycles. The standard InChI is InChI=1S/C26H29N3O4/c1-4-5-12-28-15-23(30)29-21(26(28)31)14-19-17-8-6-7-9-20(17)27-24(19)25(29)18-11-10-16(32-2)13-22(18)33-3/h6-11,13,21,25,27H,4-5,12,14-15H2,1-3H3/t21-,25?/m0/s1. The number of carbonyl (C=O) groups excluding carboxylic acids is 2. The zero-order valence-electron chi connectivity index (χ0n) is 19.3. The predicted octanol–water partition coefficient (Wildman–Crippen LogP) is 3.67. The van der Waals surface area contributed by atoms with Crippen LogP contribution in [0.3, 0.4) is 0 Å². The molecule has 7 nitrogen and oxygen atoms in total. The third kappa shape index (κ3) is 3.43. The molecule has 1 saturated heterocycles. The molecule has 1 fully saturated rings. The average Bonchev–Trinajstić information content (AvgIpc) is 3.22. The number of unbranched alkanes of at least 4 members (excludes halogenated alkanes) is 1. The summed E-state index contributed by atoms with van der Waals surface area (Å²) in [7, 11) is 3.22. The largest absolute Gasteiger partial charge is 0.497 e. The van der Waals surface area contributed by atoms with Gasteiger partial charge in [-0.15, -0.1) is 0 Å². The zero-order chi connectivity index (χ0) is 23.1. The van der Waals surface area contributed by atoms with E-state index in [1.165, 1.54) is 0 Å². The van der Waals surface area contributed by atoms with E-state index in [4.69, 9.17) is 9.47 Å². The van der Waals surface area contributed by atoms with E-state index >= 15 is 0 Å². The Morgan fingerprint density at radius 1 is 1.09 bits per heavy atom. The molecule has 1 unspecified atom stereocenters. The second-order valence-electron chi connectivity index (χ2n) is 8.71. The molecular formula is C26H29N3O4. The van der Waals surface area contributed by atoms with Crippen LogP contribution in [0, 0.1) is 0 Å². The number of ether oxygens (including phenoxy) is 2. The Morgan fingerprint density at radius 3 is 2.67 bits per heavy atom. The first-order chi connectivity index (χ1) is 16.1. The van der Waals surface area contributed by atoms with Crippen molar-refractivity contribution >= 4 is 22.7 Å². The fraction of sp³-hybridized carbons (Fsp3) is 0.385. The van der Waals surface area contributed by atoms with Crippen LogP contribution in [0.2, 0.25) is 0 Å². The number of aromatic amines is 1. The number of carbonyl (C=O) groups is 2. The number of hydrogen-bond acceptors (Lipinski definition) is 4. The summed E-state index contributed by atoms with van der Waals surface area (Å²) in [4.78, 5) is 34.2. The van der Waals surface area contributed by atoms with E-state index in [-0.39, 0.29) is 18.4 Å². The van der Waals surface area contributed by atoms with E-state index in [0.717, 1.165) is 40.6 Å². The number of amides is 2. The van der Waals surface area contributed by atoms with E-state index in [2.05, 4.69) is 18.0 Å². The van der Waals surface area contributed by atoms with Gasteiger partial charge in [0, 0.05) is 41.2 Å². The lowest BCUT2D eigenvalue weighted by Crippen LogP contribution is -2.63. The van der Waals surface area contributed by atoms with E-state index in [0.29, 0.717) is 24.5 Å². The highest BCUT2D eigenvalue weighted by Gasteiger charge is 2.48. The van der Waals surface area contributed by atoms with Crippen LogP contribution in [0.5, 0.6) is 11.5 Å². The SMILES string of the molecule is CCCCN1CC(=O)N2C(c3ccc(OC)cc3OC)c3[nH]c4ccccc4c3C[C@H]2C1=O. The van der Waals surface area contributed by atoms with Gasteiger partial charge in [-0.05, 0) is 30.2 Å². The van der Waals surface area contributed by atoms with Gasteiger partial charge in [0.15, 0.2) is 0 Å². The van der Waals surface area contributed by atoms with Crippen LogP contribution in [-0.2, 0) is 16.0 Å². The van der Waals surface area contributed by atoms with Gasteiger partial charge in [-0.2, -0.15) is 0 Å². The van der Waals surface area contributed by atoms with E-state index < -0.39 is 12.1 Å². The minimum atomic E-state index is -0.536. The minimum absolute atomic E-state index is 0.0245. The lowest BCUT2D eigenvalue weighted by molar-refractivity contribution is -0.158. The Balaban J connectivity index is 1.69. The summed E-state index contributed by atoms with van der Waals surface area (Å²) >= 11 is 0. The third-order valence-electron chi connectivity index (χ3n) is 6.86. The molecule has 5 rings (SSSR count). The van der Waals surface area contributed by atoms with Gasteiger partial charge in [0.2, 0.25) is 11.8 Å². The van der Waals surface area contributed by atoms with Crippen LogP contribution in [0.25, 0.3) is 10.9 Å². The summed E-state index contributed by atoms with van der Waals surface area (Å²) in [5, 5.41) is 1.09. The summed E-state index contributed by atoms with van der Waals surface area (Å²) < 4.78 is 11.1. The quantitative estimate of drug-likeness (QED) is 0.626. The third-order valence-corrected chi connectivity index (χ3v) is 6.86. The first kappa shape index (κ1) is 21.4. The molecule has 2 atom stereocenters. The maximum atomic E-state index is 13.6. The van der Waals surface area contributed by atoms with Gasteiger partial charge in [-0.1, -0.05) is 31.5 Å². The van der Waals surface area contributed by atoms with E-state index in [1.807, 2.05) is 36.4 Å². The number of rotatable bonds is 6. The molecule has 7 heteroatoms. The Bertz CT molecular complexity index is 1220. The van der Waals surface area contributed by atoms with Crippen LogP contribution in [0.4, 0.5) is 0 Å². The Labute approximate surface area is 193 Å². The maximum Gasteiger partial charge on any atom is 0.246 e. The Kier molecular flexibility index (Phi) is 5.48. The molecule has 0 radical (unpaired) electrons. The molecule has 33 heavy (non-hydrogen) atoms. The molecule has 1 N–H and O–H groups in total. The smallest absolute Gasteiger partial charge is 0.246 e. The van der Waals surface area contributed by atoms with Crippen molar-refractivity contribution in [2.45, 2.75) is 38.3 Å². The van der Waals surface area contributed by atoms with E-state index in [9.17, 15) is 9.59 Å². The Hall–Kier alpha value is -3.48. The lowest BCUT2D eigenvalue weighted by Gasteiger charge is -2.47. The van der Waals surface area contributed by atoms with Crippen molar-refractivity contribution < 1.29 is 19.1 Å². The van der Waals surface area contributed by atoms with Gasteiger partial charge >= 0.3 is 0 Å². The maximum absolute atomic E-state index is 13.6. The molecule has 1 aromatic heterocycles. The van der Waals surface area contributed by atoms with Gasteiger partial charge in [-0.25, -0.2) is 0 Å². The number of fused-ring (bicyclic) bond motifs is 4. The van der Waals surface area contributed by atoms with E-state index in [1.54, 1.807) is 24.0 Å². The van der Waals surface area contributed by atoms with Crippen molar-refractivity contribution in [3.63, 3.8) is 0 Å². The van der Waals surface area contributed by atoms with Gasteiger partial charge in [0.1, 0.15) is 23.6 Å². The zero-order valence-corrected chi connectivity index (χ0v) is 19.3. The van der Waals surface area contributed by atoms with Crippen LogP contribution in [-0.4, -0.2) is 59.9 Å². The molecule has 2 aromatic carbocycles. The molecule has 0 spiro atoms. The van der Waals surface area contributed by atoms with Crippen LogP contribution in [0.1, 0.15) is 42.6 Å². The van der Waals surface area contributed by atoms with Gasteiger partial charge < -0.3 is 24.3 Å². The average molecular weight is 448 g/mol. The molecule has 3 heterocycles. The second-order valence-corrected chi connectivity index (χ2v) is 8.71. The number of hydrogen-bond donors (Lipinski definition) is 1. The summed E-state index contributed by atoms with van der Waals surface area (Å²) in [6.07, 6.45) is 2.37. The number of methoxy groups -OCH3 is 2. The number of nitrogens with one attached hydrogen (secondary N) is 1. The fourth-order valence-electron chi connectivity index (χ4n) is 5.23. The molecular weight excluding hydrogens is 418 g/mol. The molecule has 3 aromatic rings. The molecule has 2 aliphatic rings. The lowest BCUT2D eigenvalue weighted by atomic mass is 9.85. The van der Waals surface area contributed by atoms with Crippen LogP contribution >= 0.6 is 0 Å². The number of piperazine rings is 1. The number of benzene rings is 2. The molecule has 0 bridgehead atoms. The first-order valence-electron chi connectivity index (χ1n) is 11.5. The number of H-pyrrole nitrogens is 1. The molecule has 172 valence electrons. The summed E-state index contributed by atoms with van der Waals surface area (Å²) in [5.74, 6) is 1.28. The molecule has 2 amide bonds. The molecule has 0 aliphatic carbocycles. The summed E-state index contributed by atoms with van der Waals surface area (Å²) in [6.45, 7) is 2.82. The fourth-order valence-corrected chi connectivity index (χ4v) is 5.23. The van der Waals surface area contributed by atoms with Crippen molar-refractivity contribution in [2.24, 2.45) is 0 Å². The van der Waals surface area contributed by atoms with Crippen molar-refractivity contribution in [3.05, 3.63) is 59.3 Å². The Morgan fingerprint density at radius 2 is 1.91 bits per heavy atom. The second kappa shape index (κ2) is 8.46. The topological polar surface area (TPSA) is 74.9 Å². The van der Waals surface area contributed by atoms with Crippen molar-refractivity contribution in [1.29, 1.82) is 0 Å². The van der Waals surface area contributed by atoms with Crippen LogP contribution < -0.4 is 9.47 Å². The monoisotopic (exact) mass is 447 g/mol.